The monoisotopic (exact) mass is 356 g/mol. The van der Waals surface area contributed by atoms with Crippen LogP contribution in [0.25, 0.3) is 0 Å². The molecule has 1 aromatic carbocycles. The summed E-state index contributed by atoms with van der Waals surface area (Å²) in [5.41, 5.74) is 0.805. The summed E-state index contributed by atoms with van der Waals surface area (Å²) in [5, 5.41) is 2.25. The molecule has 0 aliphatic carbocycles. The van der Waals surface area contributed by atoms with Gasteiger partial charge in [0.2, 0.25) is 0 Å². The molecule has 1 rings (SSSR count). The Morgan fingerprint density at radius 2 is 1.79 bits per heavy atom. The molecule has 0 saturated carbocycles. The van der Waals surface area contributed by atoms with Gasteiger partial charge in [0, 0.05) is 18.6 Å². The maximum absolute atomic E-state index is 12.3. The predicted molar refractivity (Wildman–Crippen MR) is 95.5 cm³/mol. The summed E-state index contributed by atoms with van der Waals surface area (Å²) >= 11 is 0. The van der Waals surface area contributed by atoms with E-state index in [1.807, 2.05) is 33.8 Å². The smallest absolute Gasteiger partial charge is 0.318 e. The maximum Gasteiger partial charge on any atom is 0.318 e. The van der Waals surface area contributed by atoms with E-state index >= 15 is 0 Å². The molecule has 0 fully saturated rings. The van der Waals surface area contributed by atoms with E-state index in [1.165, 1.54) is 0 Å². The zero-order valence-corrected chi connectivity index (χ0v) is 16.1. The van der Waals surface area contributed by atoms with Crippen molar-refractivity contribution in [2.75, 3.05) is 0 Å². The second kappa shape index (κ2) is 8.37. The summed E-state index contributed by atoms with van der Waals surface area (Å²) in [7, 11) is -3.64. The Morgan fingerprint density at radius 3 is 2.29 bits per heavy atom. The first-order valence-corrected chi connectivity index (χ1v) is 9.59. The van der Waals surface area contributed by atoms with Gasteiger partial charge in [0.25, 0.3) is 0 Å². The van der Waals surface area contributed by atoms with Crippen molar-refractivity contribution < 1.29 is 17.4 Å². The predicted octanol–water partition coefficient (Wildman–Crippen LogP) is 3.13. The molecule has 136 valence electrons. The zero-order valence-electron chi connectivity index (χ0n) is 15.2. The number of urea groups is 1. The van der Waals surface area contributed by atoms with Crippen molar-refractivity contribution in [3.05, 3.63) is 29.8 Å². The van der Waals surface area contributed by atoms with E-state index in [2.05, 4.69) is 5.32 Å². The minimum Gasteiger partial charge on any atom is -0.382 e. The number of rotatable bonds is 7. The first kappa shape index (κ1) is 20.3. The quantitative estimate of drug-likeness (QED) is 0.762. The Labute approximate surface area is 145 Å². The molecule has 1 N–H and O–H groups in total. The number of carbonyl (C=O) groups excluding carboxylic acids is 1. The number of hydrogen-bond donors (Lipinski definition) is 1. The van der Waals surface area contributed by atoms with Crippen LogP contribution in [0.2, 0.25) is 0 Å². The molecule has 24 heavy (non-hydrogen) atoms. The lowest BCUT2D eigenvalue weighted by molar-refractivity contribution is 0.177. The van der Waals surface area contributed by atoms with Crippen LogP contribution in [0.1, 0.15) is 47.1 Å². The molecule has 0 atom stereocenters. The largest absolute Gasteiger partial charge is 0.382 e. The minimum atomic E-state index is -3.64. The van der Waals surface area contributed by atoms with E-state index in [-0.39, 0.29) is 23.9 Å². The number of nitrogens with one attached hydrogen (secondary N) is 1. The molecule has 0 aliphatic heterocycles. The van der Waals surface area contributed by atoms with Crippen molar-refractivity contribution in [3.8, 4) is 5.75 Å². The number of carbonyl (C=O) groups is 1. The van der Waals surface area contributed by atoms with Gasteiger partial charge in [-0.1, -0.05) is 12.1 Å². The van der Waals surface area contributed by atoms with Gasteiger partial charge < -0.3 is 14.4 Å². The molecule has 7 heteroatoms. The lowest BCUT2D eigenvalue weighted by atomic mass is 10.2. The fourth-order valence-corrected chi connectivity index (χ4v) is 2.51. The second-order valence-corrected chi connectivity index (χ2v) is 8.69. The van der Waals surface area contributed by atoms with Crippen LogP contribution in [-0.2, 0) is 16.7 Å². The van der Waals surface area contributed by atoms with Gasteiger partial charge in [0.1, 0.15) is 5.75 Å². The summed E-state index contributed by atoms with van der Waals surface area (Å²) < 4.78 is 28.9. The van der Waals surface area contributed by atoms with Crippen LogP contribution in [-0.4, -0.2) is 36.7 Å². The third-order valence-corrected chi connectivity index (χ3v) is 4.92. The average molecular weight is 356 g/mol. The number of hydrogen-bond acceptors (Lipinski definition) is 4. The van der Waals surface area contributed by atoms with E-state index in [0.717, 1.165) is 5.56 Å². The van der Waals surface area contributed by atoms with Crippen molar-refractivity contribution in [1.82, 2.24) is 10.2 Å². The number of benzene rings is 1. The van der Waals surface area contributed by atoms with Gasteiger partial charge in [-0.3, -0.25) is 0 Å². The van der Waals surface area contributed by atoms with Crippen LogP contribution < -0.4 is 9.50 Å². The van der Waals surface area contributed by atoms with Crippen LogP contribution >= 0.6 is 0 Å². The van der Waals surface area contributed by atoms with Crippen molar-refractivity contribution in [2.45, 2.75) is 65.4 Å². The molecule has 2 amide bonds. The van der Waals surface area contributed by atoms with Crippen molar-refractivity contribution in [1.29, 1.82) is 0 Å². The summed E-state index contributed by atoms with van der Waals surface area (Å²) in [6.07, 6.45) is 0. The fraction of sp³-hybridized carbons (Fsp3) is 0.588. The highest BCUT2D eigenvalue weighted by Crippen LogP contribution is 2.19. The van der Waals surface area contributed by atoms with Crippen LogP contribution in [0.4, 0.5) is 4.79 Å². The van der Waals surface area contributed by atoms with E-state index in [0.29, 0.717) is 6.54 Å². The van der Waals surface area contributed by atoms with Gasteiger partial charge in [0.15, 0.2) is 0 Å². The number of amides is 2. The first-order valence-electron chi connectivity index (χ1n) is 8.12. The molecule has 0 bridgehead atoms. The molecule has 0 unspecified atom stereocenters. The Bertz CT molecular complexity index is 654. The second-order valence-electron chi connectivity index (χ2n) is 6.60. The number of nitrogens with zero attached hydrogens (tertiary/aromatic N) is 1. The highest BCUT2D eigenvalue weighted by Gasteiger charge is 2.20. The summed E-state index contributed by atoms with van der Waals surface area (Å²) in [5.74, 6) is 0.258. The highest BCUT2D eigenvalue weighted by molar-refractivity contribution is 7.87. The highest BCUT2D eigenvalue weighted by atomic mass is 32.2. The molecule has 0 aromatic heterocycles. The van der Waals surface area contributed by atoms with E-state index in [1.54, 1.807) is 36.9 Å². The fourth-order valence-electron chi connectivity index (χ4n) is 1.94. The van der Waals surface area contributed by atoms with Crippen molar-refractivity contribution >= 4 is 16.1 Å². The SMILES string of the molecule is CC(C)NC(=O)N(Cc1cccc(OS(=O)(=O)C(C)C)c1)C(C)C. The first-order chi connectivity index (χ1) is 11.0. The van der Waals surface area contributed by atoms with Crippen LogP contribution in [0, 0.1) is 0 Å². The molecule has 1 aromatic rings. The molecular weight excluding hydrogens is 328 g/mol. The summed E-state index contributed by atoms with van der Waals surface area (Å²) in [6, 6.07) is 6.71. The molecule has 0 aliphatic rings. The van der Waals surface area contributed by atoms with Gasteiger partial charge in [-0.2, -0.15) is 8.42 Å². The van der Waals surface area contributed by atoms with Gasteiger partial charge >= 0.3 is 16.1 Å². The molecule has 0 heterocycles. The Balaban J connectivity index is 2.94. The van der Waals surface area contributed by atoms with Crippen LogP contribution in [0.3, 0.4) is 0 Å². The molecule has 0 spiro atoms. The Morgan fingerprint density at radius 1 is 1.17 bits per heavy atom. The average Bonchev–Trinajstić information content (AvgIpc) is 2.43. The van der Waals surface area contributed by atoms with Crippen LogP contribution in [0.5, 0.6) is 5.75 Å². The van der Waals surface area contributed by atoms with Gasteiger partial charge in [-0.05, 0) is 59.2 Å². The molecule has 0 saturated heterocycles. The Kier molecular flexibility index (Phi) is 7.08. The van der Waals surface area contributed by atoms with E-state index in [4.69, 9.17) is 4.18 Å². The molecule has 0 radical (unpaired) electrons. The third kappa shape index (κ3) is 6.03. The molecular formula is C17H28N2O4S. The van der Waals surface area contributed by atoms with Crippen molar-refractivity contribution in [3.63, 3.8) is 0 Å². The van der Waals surface area contributed by atoms with E-state index < -0.39 is 15.4 Å². The van der Waals surface area contributed by atoms with Crippen LogP contribution in [0.15, 0.2) is 24.3 Å². The lowest BCUT2D eigenvalue weighted by Gasteiger charge is -2.28. The molecule has 6 nitrogen and oxygen atoms in total. The zero-order chi connectivity index (χ0) is 18.5. The topological polar surface area (TPSA) is 75.7 Å². The lowest BCUT2D eigenvalue weighted by Crippen LogP contribution is -2.45. The van der Waals surface area contributed by atoms with Gasteiger partial charge in [0.05, 0.1) is 5.25 Å². The summed E-state index contributed by atoms with van der Waals surface area (Å²) in [4.78, 5) is 14.0. The Hall–Kier alpha value is -1.76. The third-order valence-electron chi connectivity index (χ3n) is 3.34. The van der Waals surface area contributed by atoms with E-state index in [9.17, 15) is 13.2 Å². The van der Waals surface area contributed by atoms with Gasteiger partial charge in [-0.25, -0.2) is 4.79 Å². The maximum atomic E-state index is 12.3. The normalized spacial score (nSPS) is 11.9. The summed E-state index contributed by atoms with van der Waals surface area (Å²) in [6.45, 7) is 11.2. The van der Waals surface area contributed by atoms with Gasteiger partial charge in [-0.15, -0.1) is 0 Å². The standard InChI is InChI=1S/C17H28N2O4S/c1-12(2)18-17(20)19(13(3)4)11-15-8-7-9-16(10-15)23-24(21,22)14(5)6/h7-10,12-14H,11H2,1-6H3,(H,18,20). The van der Waals surface area contributed by atoms with Crippen molar-refractivity contribution in [2.24, 2.45) is 0 Å². The minimum absolute atomic E-state index is 0.00715.